The summed E-state index contributed by atoms with van der Waals surface area (Å²) in [4.78, 5) is 26.4. The molecule has 5 heteroatoms. The van der Waals surface area contributed by atoms with Crippen LogP contribution in [0.3, 0.4) is 0 Å². The second-order valence-corrected chi connectivity index (χ2v) is 6.35. The molecule has 2 N–H and O–H groups in total. The number of hydrogen-bond acceptors (Lipinski definition) is 3. The number of nitrogens with one attached hydrogen (secondary N) is 2. The first-order chi connectivity index (χ1) is 9.70. The molecule has 1 aliphatic carbocycles. The minimum atomic E-state index is -0.277. The van der Waals surface area contributed by atoms with E-state index in [1.165, 1.54) is 25.7 Å². The van der Waals surface area contributed by atoms with E-state index < -0.39 is 0 Å². The predicted molar refractivity (Wildman–Crippen MR) is 76.1 cm³/mol. The standard InChI is InChI=1S/C15H25N3O2/c1-2-13-14(19)16-7-8-18(13)15(20)12-9-10-5-3-4-6-11(10)17-12/h10-13,17H,2-9H2,1H3,(H,16,19). The summed E-state index contributed by atoms with van der Waals surface area (Å²) in [6.07, 6.45) is 6.67. The number of piperazine rings is 1. The largest absolute Gasteiger partial charge is 0.353 e. The Hall–Kier alpha value is -1.10. The Balaban J connectivity index is 1.67. The third kappa shape index (κ3) is 2.43. The van der Waals surface area contributed by atoms with Crippen LogP contribution in [-0.4, -0.2) is 47.9 Å². The highest BCUT2D eigenvalue weighted by atomic mass is 16.2. The van der Waals surface area contributed by atoms with Crippen LogP contribution >= 0.6 is 0 Å². The van der Waals surface area contributed by atoms with E-state index in [1.807, 2.05) is 6.92 Å². The summed E-state index contributed by atoms with van der Waals surface area (Å²) in [6, 6.07) is 0.181. The van der Waals surface area contributed by atoms with Gasteiger partial charge in [-0.25, -0.2) is 0 Å². The summed E-state index contributed by atoms with van der Waals surface area (Å²) in [5.74, 6) is 0.806. The topological polar surface area (TPSA) is 61.4 Å². The van der Waals surface area contributed by atoms with Gasteiger partial charge in [0, 0.05) is 19.1 Å². The molecule has 3 aliphatic rings. The lowest BCUT2D eigenvalue weighted by Crippen LogP contribution is -2.60. The number of amides is 2. The van der Waals surface area contributed by atoms with Gasteiger partial charge in [0.2, 0.25) is 11.8 Å². The SMILES string of the molecule is CCC1C(=O)NCCN1C(=O)C1CC2CCCCC2N1. The Kier molecular flexibility index (Phi) is 3.96. The maximum atomic E-state index is 12.7. The fraction of sp³-hybridized carbons (Fsp3) is 0.867. The van der Waals surface area contributed by atoms with Gasteiger partial charge < -0.3 is 15.5 Å². The quantitative estimate of drug-likeness (QED) is 0.780. The average Bonchev–Trinajstić information content (AvgIpc) is 2.90. The van der Waals surface area contributed by atoms with Crippen LogP contribution < -0.4 is 10.6 Å². The molecular formula is C15H25N3O2. The van der Waals surface area contributed by atoms with E-state index in [2.05, 4.69) is 10.6 Å². The molecule has 0 aromatic carbocycles. The van der Waals surface area contributed by atoms with E-state index in [0.29, 0.717) is 31.5 Å². The molecule has 4 unspecified atom stereocenters. The number of fused-ring (bicyclic) bond motifs is 1. The zero-order chi connectivity index (χ0) is 14.1. The molecule has 2 heterocycles. The third-order valence-electron chi connectivity index (χ3n) is 5.16. The van der Waals surface area contributed by atoms with Gasteiger partial charge in [0.1, 0.15) is 6.04 Å². The molecule has 0 aromatic heterocycles. The predicted octanol–water partition coefficient (Wildman–Crippen LogP) is 0.644. The Morgan fingerprint density at radius 3 is 2.90 bits per heavy atom. The van der Waals surface area contributed by atoms with E-state index in [0.717, 1.165) is 6.42 Å². The van der Waals surface area contributed by atoms with Gasteiger partial charge in [-0.2, -0.15) is 0 Å². The van der Waals surface area contributed by atoms with E-state index in [1.54, 1.807) is 4.90 Å². The molecule has 2 amide bonds. The first-order valence-electron chi connectivity index (χ1n) is 8.05. The highest BCUT2D eigenvalue weighted by molar-refractivity contribution is 5.91. The van der Waals surface area contributed by atoms with Gasteiger partial charge in [-0.1, -0.05) is 19.8 Å². The first-order valence-corrected chi connectivity index (χ1v) is 8.05. The van der Waals surface area contributed by atoms with Crippen molar-refractivity contribution in [3.8, 4) is 0 Å². The van der Waals surface area contributed by atoms with Gasteiger partial charge >= 0.3 is 0 Å². The van der Waals surface area contributed by atoms with Gasteiger partial charge in [-0.3, -0.25) is 9.59 Å². The van der Waals surface area contributed by atoms with Crippen LogP contribution in [-0.2, 0) is 9.59 Å². The van der Waals surface area contributed by atoms with Crippen LogP contribution in [0.5, 0.6) is 0 Å². The van der Waals surface area contributed by atoms with Gasteiger partial charge in [0.05, 0.1) is 6.04 Å². The van der Waals surface area contributed by atoms with Crippen LogP contribution in [0.25, 0.3) is 0 Å². The van der Waals surface area contributed by atoms with E-state index >= 15 is 0 Å². The van der Waals surface area contributed by atoms with Gasteiger partial charge in [0.25, 0.3) is 0 Å². The number of rotatable bonds is 2. The summed E-state index contributed by atoms with van der Waals surface area (Å²) in [7, 11) is 0. The summed E-state index contributed by atoms with van der Waals surface area (Å²) in [5.41, 5.74) is 0. The molecule has 0 aromatic rings. The van der Waals surface area contributed by atoms with Crippen molar-refractivity contribution in [2.24, 2.45) is 5.92 Å². The zero-order valence-electron chi connectivity index (χ0n) is 12.2. The minimum Gasteiger partial charge on any atom is -0.353 e. The molecule has 2 aliphatic heterocycles. The van der Waals surface area contributed by atoms with Crippen molar-refractivity contribution in [1.29, 1.82) is 0 Å². The Bertz CT molecular complexity index is 385. The van der Waals surface area contributed by atoms with Crippen molar-refractivity contribution >= 4 is 11.8 Å². The zero-order valence-corrected chi connectivity index (χ0v) is 12.2. The van der Waals surface area contributed by atoms with Crippen molar-refractivity contribution in [1.82, 2.24) is 15.5 Å². The van der Waals surface area contributed by atoms with Gasteiger partial charge in [0.15, 0.2) is 0 Å². The molecule has 4 atom stereocenters. The Morgan fingerprint density at radius 1 is 1.35 bits per heavy atom. The van der Waals surface area contributed by atoms with E-state index in [-0.39, 0.29) is 23.9 Å². The van der Waals surface area contributed by atoms with Crippen LogP contribution in [0.15, 0.2) is 0 Å². The Morgan fingerprint density at radius 2 is 2.15 bits per heavy atom. The van der Waals surface area contributed by atoms with Crippen molar-refractivity contribution in [2.45, 2.75) is 63.6 Å². The lowest BCUT2D eigenvalue weighted by molar-refractivity contribution is -0.144. The molecule has 5 nitrogen and oxygen atoms in total. The summed E-state index contributed by atoms with van der Waals surface area (Å²) < 4.78 is 0. The van der Waals surface area contributed by atoms with E-state index in [9.17, 15) is 9.59 Å². The molecule has 0 bridgehead atoms. The van der Waals surface area contributed by atoms with Crippen LogP contribution in [0.2, 0.25) is 0 Å². The van der Waals surface area contributed by atoms with Crippen LogP contribution in [0.4, 0.5) is 0 Å². The molecule has 0 radical (unpaired) electrons. The number of carbonyl (C=O) groups is 2. The fourth-order valence-corrected chi connectivity index (χ4v) is 4.09. The Labute approximate surface area is 120 Å². The maximum absolute atomic E-state index is 12.7. The lowest BCUT2D eigenvalue weighted by atomic mass is 9.85. The monoisotopic (exact) mass is 279 g/mol. The number of carbonyl (C=O) groups excluding carboxylic acids is 2. The molecule has 2 saturated heterocycles. The molecule has 0 spiro atoms. The lowest BCUT2D eigenvalue weighted by Gasteiger charge is -2.36. The highest BCUT2D eigenvalue weighted by Gasteiger charge is 2.42. The van der Waals surface area contributed by atoms with E-state index in [4.69, 9.17) is 0 Å². The summed E-state index contributed by atoms with van der Waals surface area (Å²) in [6.45, 7) is 3.20. The number of hydrogen-bond donors (Lipinski definition) is 2. The van der Waals surface area contributed by atoms with Gasteiger partial charge in [-0.15, -0.1) is 0 Å². The van der Waals surface area contributed by atoms with Crippen molar-refractivity contribution in [3.63, 3.8) is 0 Å². The average molecular weight is 279 g/mol. The fourth-order valence-electron chi connectivity index (χ4n) is 4.09. The van der Waals surface area contributed by atoms with Crippen LogP contribution in [0.1, 0.15) is 45.4 Å². The van der Waals surface area contributed by atoms with Crippen molar-refractivity contribution in [2.75, 3.05) is 13.1 Å². The molecule has 3 rings (SSSR count). The smallest absolute Gasteiger partial charge is 0.242 e. The summed E-state index contributed by atoms with van der Waals surface area (Å²) >= 11 is 0. The van der Waals surface area contributed by atoms with Crippen molar-refractivity contribution < 1.29 is 9.59 Å². The molecule has 20 heavy (non-hydrogen) atoms. The van der Waals surface area contributed by atoms with Crippen molar-refractivity contribution in [3.05, 3.63) is 0 Å². The molecule has 112 valence electrons. The third-order valence-corrected chi connectivity index (χ3v) is 5.16. The molecule has 3 fully saturated rings. The van der Waals surface area contributed by atoms with Gasteiger partial charge in [-0.05, 0) is 31.6 Å². The normalized spacial score (nSPS) is 37.5. The summed E-state index contributed by atoms with van der Waals surface area (Å²) in [5, 5.41) is 6.38. The van der Waals surface area contributed by atoms with Crippen LogP contribution in [0, 0.1) is 5.92 Å². The maximum Gasteiger partial charge on any atom is 0.242 e. The first kappa shape index (κ1) is 13.9. The second-order valence-electron chi connectivity index (χ2n) is 6.35. The second kappa shape index (κ2) is 5.72. The highest BCUT2D eigenvalue weighted by Crippen LogP contribution is 2.34. The molecular weight excluding hydrogens is 254 g/mol. The minimum absolute atomic E-state index is 0.00233. The number of nitrogens with zero attached hydrogens (tertiary/aromatic N) is 1. The molecule has 1 saturated carbocycles.